The Balaban J connectivity index is 1.34. The van der Waals surface area contributed by atoms with Crippen LogP contribution < -0.4 is 4.74 Å². The summed E-state index contributed by atoms with van der Waals surface area (Å²) in [5.41, 5.74) is 4.31. The zero-order valence-electron chi connectivity index (χ0n) is 19.7. The molecule has 0 saturated heterocycles. The summed E-state index contributed by atoms with van der Waals surface area (Å²) in [6, 6.07) is 20.6. The molecule has 0 radical (unpaired) electrons. The van der Waals surface area contributed by atoms with Gasteiger partial charge in [-0.25, -0.2) is 4.79 Å². The van der Waals surface area contributed by atoms with Crippen molar-refractivity contribution in [2.24, 2.45) is 17.0 Å². The SMILES string of the molecule is CC(C)C1ON=C(c2c(Cl)cccc2Cl)C1COc1ccc(-c2ccc3[nH]c(C(=O)O)cc3c2)cc1. The van der Waals surface area contributed by atoms with Gasteiger partial charge < -0.3 is 19.7 Å². The van der Waals surface area contributed by atoms with Crippen molar-refractivity contribution in [3.63, 3.8) is 0 Å². The molecule has 0 aliphatic carbocycles. The number of H-pyrrole nitrogens is 1. The summed E-state index contributed by atoms with van der Waals surface area (Å²) in [7, 11) is 0. The molecule has 8 heteroatoms. The van der Waals surface area contributed by atoms with Crippen molar-refractivity contribution in [3.8, 4) is 16.9 Å². The van der Waals surface area contributed by atoms with Crippen molar-refractivity contribution in [3.05, 3.63) is 88.0 Å². The first-order valence-electron chi connectivity index (χ1n) is 11.6. The lowest BCUT2D eigenvalue weighted by molar-refractivity contribution is 0.0178. The first-order chi connectivity index (χ1) is 17.3. The summed E-state index contributed by atoms with van der Waals surface area (Å²) < 4.78 is 6.18. The number of hydrogen-bond acceptors (Lipinski definition) is 4. The van der Waals surface area contributed by atoms with Crippen LogP contribution in [0.15, 0.2) is 71.9 Å². The van der Waals surface area contributed by atoms with Gasteiger partial charge in [-0.1, -0.05) is 66.5 Å². The summed E-state index contributed by atoms with van der Waals surface area (Å²) in [5.74, 6) is -0.185. The molecule has 184 valence electrons. The van der Waals surface area contributed by atoms with Crippen molar-refractivity contribution in [2.75, 3.05) is 6.61 Å². The van der Waals surface area contributed by atoms with Crippen LogP contribution in [0.5, 0.6) is 5.75 Å². The highest BCUT2D eigenvalue weighted by atomic mass is 35.5. The maximum atomic E-state index is 11.2. The Hall–Kier alpha value is -3.48. The fraction of sp³-hybridized carbons (Fsp3) is 0.214. The minimum Gasteiger partial charge on any atom is -0.493 e. The number of ether oxygens (including phenoxy) is 1. The topological polar surface area (TPSA) is 83.9 Å². The summed E-state index contributed by atoms with van der Waals surface area (Å²) in [4.78, 5) is 19.9. The number of aromatic amines is 1. The zero-order valence-corrected chi connectivity index (χ0v) is 21.2. The monoisotopic (exact) mass is 522 g/mol. The summed E-state index contributed by atoms with van der Waals surface area (Å²) >= 11 is 12.9. The average Bonchev–Trinajstić information content (AvgIpc) is 3.47. The molecule has 5 rings (SSSR count). The van der Waals surface area contributed by atoms with E-state index in [0.29, 0.717) is 33.7 Å². The number of carboxylic acid groups (broad SMARTS) is 1. The normalized spacial score (nSPS) is 17.3. The van der Waals surface area contributed by atoms with Crippen LogP contribution in [0.4, 0.5) is 0 Å². The molecule has 2 heterocycles. The molecule has 3 aromatic carbocycles. The third-order valence-corrected chi connectivity index (χ3v) is 6.99. The number of carbonyl (C=O) groups is 1. The Bertz CT molecular complexity index is 1440. The van der Waals surface area contributed by atoms with Crippen LogP contribution in [0.1, 0.15) is 29.9 Å². The zero-order chi connectivity index (χ0) is 25.4. The highest BCUT2D eigenvalue weighted by Crippen LogP contribution is 2.35. The van der Waals surface area contributed by atoms with Crippen LogP contribution in [0.25, 0.3) is 22.0 Å². The molecule has 0 saturated carbocycles. The van der Waals surface area contributed by atoms with Crippen molar-refractivity contribution >= 4 is 45.8 Å². The number of aromatic carboxylic acids is 1. The second-order valence-electron chi connectivity index (χ2n) is 9.12. The van der Waals surface area contributed by atoms with Crippen LogP contribution in [-0.2, 0) is 4.84 Å². The van der Waals surface area contributed by atoms with Gasteiger partial charge in [0.25, 0.3) is 0 Å². The van der Waals surface area contributed by atoms with Crippen molar-refractivity contribution in [1.29, 1.82) is 0 Å². The summed E-state index contributed by atoms with van der Waals surface area (Å²) in [6.07, 6.45) is -0.157. The Labute approximate surface area is 218 Å². The first kappa shape index (κ1) is 24.2. The fourth-order valence-corrected chi connectivity index (χ4v) is 5.10. The van der Waals surface area contributed by atoms with Gasteiger partial charge in [-0.2, -0.15) is 0 Å². The van der Waals surface area contributed by atoms with E-state index in [0.717, 1.165) is 22.0 Å². The second-order valence-corrected chi connectivity index (χ2v) is 9.93. The Kier molecular flexibility index (Phi) is 6.65. The highest BCUT2D eigenvalue weighted by Gasteiger charge is 2.39. The first-order valence-corrected chi connectivity index (χ1v) is 12.3. The van der Waals surface area contributed by atoms with Gasteiger partial charge in [0.15, 0.2) is 0 Å². The van der Waals surface area contributed by atoms with E-state index >= 15 is 0 Å². The molecule has 0 bridgehead atoms. The molecule has 36 heavy (non-hydrogen) atoms. The molecule has 1 aliphatic heterocycles. The molecule has 1 aromatic heterocycles. The molecular formula is C28H24Cl2N2O4. The van der Waals surface area contributed by atoms with E-state index in [2.05, 4.69) is 24.0 Å². The van der Waals surface area contributed by atoms with Crippen LogP contribution >= 0.6 is 23.2 Å². The number of nitrogens with one attached hydrogen (secondary N) is 1. The van der Waals surface area contributed by atoms with E-state index in [-0.39, 0.29) is 23.6 Å². The van der Waals surface area contributed by atoms with Crippen LogP contribution in [0, 0.1) is 11.8 Å². The number of rotatable bonds is 7. The van der Waals surface area contributed by atoms with Gasteiger partial charge in [0.1, 0.15) is 29.9 Å². The van der Waals surface area contributed by atoms with Crippen LogP contribution in [0.3, 0.4) is 0 Å². The van der Waals surface area contributed by atoms with Gasteiger partial charge in [-0.15, -0.1) is 0 Å². The smallest absolute Gasteiger partial charge is 0.352 e. The molecule has 2 atom stereocenters. The Morgan fingerprint density at radius 1 is 1.06 bits per heavy atom. The number of benzene rings is 3. The van der Waals surface area contributed by atoms with Gasteiger partial charge in [-0.3, -0.25) is 0 Å². The summed E-state index contributed by atoms with van der Waals surface area (Å²) in [5, 5.41) is 15.5. The summed E-state index contributed by atoms with van der Waals surface area (Å²) in [6.45, 7) is 4.52. The van der Waals surface area contributed by atoms with E-state index in [4.69, 9.17) is 32.8 Å². The number of aromatic nitrogens is 1. The number of halogens is 2. The average molecular weight is 523 g/mol. The van der Waals surface area contributed by atoms with Crippen molar-refractivity contribution in [2.45, 2.75) is 20.0 Å². The van der Waals surface area contributed by atoms with Gasteiger partial charge in [-0.05, 0) is 59.5 Å². The van der Waals surface area contributed by atoms with E-state index in [1.165, 1.54) is 0 Å². The number of oxime groups is 1. The second kappa shape index (κ2) is 9.88. The van der Waals surface area contributed by atoms with Crippen molar-refractivity contribution in [1.82, 2.24) is 4.98 Å². The molecule has 6 nitrogen and oxygen atoms in total. The van der Waals surface area contributed by atoms with E-state index in [1.807, 2.05) is 42.5 Å². The maximum Gasteiger partial charge on any atom is 0.352 e. The molecule has 2 unspecified atom stereocenters. The number of nitrogens with zero attached hydrogens (tertiary/aromatic N) is 1. The van der Waals surface area contributed by atoms with E-state index in [9.17, 15) is 9.90 Å². The third-order valence-electron chi connectivity index (χ3n) is 6.36. The van der Waals surface area contributed by atoms with Crippen LogP contribution in [0.2, 0.25) is 10.0 Å². The largest absolute Gasteiger partial charge is 0.493 e. The third kappa shape index (κ3) is 4.66. The predicted molar refractivity (Wildman–Crippen MR) is 142 cm³/mol. The lowest BCUT2D eigenvalue weighted by Gasteiger charge is -2.23. The van der Waals surface area contributed by atoms with Gasteiger partial charge in [0.2, 0.25) is 0 Å². The fourth-order valence-electron chi connectivity index (χ4n) is 4.51. The molecular weight excluding hydrogens is 499 g/mol. The number of fused-ring (bicyclic) bond motifs is 1. The number of carboxylic acids is 1. The van der Waals surface area contributed by atoms with Crippen LogP contribution in [-0.4, -0.2) is 34.5 Å². The van der Waals surface area contributed by atoms with E-state index in [1.54, 1.807) is 24.3 Å². The van der Waals surface area contributed by atoms with E-state index < -0.39 is 5.97 Å². The lowest BCUT2D eigenvalue weighted by atomic mass is 9.87. The van der Waals surface area contributed by atoms with Gasteiger partial charge >= 0.3 is 5.97 Å². The molecule has 2 N–H and O–H groups in total. The predicted octanol–water partition coefficient (Wildman–Crippen LogP) is 7.29. The highest BCUT2D eigenvalue weighted by molar-refractivity contribution is 6.40. The standard InChI is InChI=1S/C28H24Cl2N2O4/c1-15(2)27-20(26(32-36-27)25-21(29)4-3-5-22(25)30)14-35-19-9-6-16(7-10-19)17-8-11-23-18(12-17)13-24(31-23)28(33)34/h3-13,15,20,27,31H,14H2,1-2H3,(H,33,34). The minimum absolute atomic E-state index is 0.137. The molecule has 0 spiro atoms. The number of hydrogen-bond donors (Lipinski definition) is 2. The van der Waals surface area contributed by atoms with Gasteiger partial charge in [0.05, 0.1) is 16.0 Å². The Morgan fingerprint density at radius 2 is 1.75 bits per heavy atom. The maximum absolute atomic E-state index is 11.2. The minimum atomic E-state index is -0.980. The van der Waals surface area contributed by atoms with Gasteiger partial charge in [0, 0.05) is 16.5 Å². The lowest BCUT2D eigenvalue weighted by Crippen LogP contribution is -2.33. The Morgan fingerprint density at radius 3 is 2.42 bits per heavy atom. The molecule has 0 fully saturated rings. The molecule has 4 aromatic rings. The quantitative estimate of drug-likeness (QED) is 0.266. The molecule has 0 amide bonds. The van der Waals surface area contributed by atoms with Crippen molar-refractivity contribution < 1.29 is 19.5 Å². The molecule has 1 aliphatic rings.